The van der Waals surface area contributed by atoms with Crippen LogP contribution in [0, 0.1) is 0 Å². The molecule has 2 aliphatic rings. The first-order chi connectivity index (χ1) is 13.3. The summed E-state index contributed by atoms with van der Waals surface area (Å²) in [6, 6.07) is 7.89. The first kappa shape index (κ1) is 21.5. The van der Waals surface area contributed by atoms with E-state index in [1.54, 1.807) is 0 Å². The van der Waals surface area contributed by atoms with Gasteiger partial charge in [0.2, 0.25) is 15.9 Å². The second-order valence-electron chi connectivity index (χ2n) is 7.58. The number of piperazine rings is 1. The number of nitrogens with zero attached hydrogens (tertiary/aromatic N) is 4. The predicted molar refractivity (Wildman–Crippen MR) is 111 cm³/mol. The molecule has 3 rings (SSSR count). The minimum Gasteiger partial charge on any atom is -0.339 e. The molecule has 2 saturated heterocycles. The van der Waals surface area contributed by atoms with Crippen LogP contribution < -0.4 is 0 Å². The van der Waals surface area contributed by atoms with Gasteiger partial charge >= 0.3 is 0 Å². The maximum Gasteiger partial charge on any atom is 0.236 e. The average Bonchev–Trinajstić information content (AvgIpc) is 2.90. The van der Waals surface area contributed by atoms with E-state index in [-0.39, 0.29) is 5.91 Å². The van der Waals surface area contributed by atoms with Crippen LogP contribution in [0.4, 0.5) is 0 Å². The van der Waals surface area contributed by atoms with Crippen LogP contribution in [0.3, 0.4) is 0 Å². The van der Waals surface area contributed by atoms with Gasteiger partial charge in [-0.25, -0.2) is 12.7 Å². The Morgan fingerprint density at radius 2 is 1.57 bits per heavy atom. The van der Waals surface area contributed by atoms with Crippen molar-refractivity contribution in [2.75, 3.05) is 65.2 Å². The molecule has 1 aromatic carbocycles. The van der Waals surface area contributed by atoms with Gasteiger partial charge in [-0.15, -0.1) is 0 Å². The zero-order chi connectivity index (χ0) is 20.1. The summed E-state index contributed by atoms with van der Waals surface area (Å²) in [5, 5.41) is 0.743. The van der Waals surface area contributed by atoms with E-state index in [1.165, 1.54) is 16.1 Å². The molecule has 1 aromatic rings. The van der Waals surface area contributed by atoms with E-state index >= 15 is 0 Å². The molecule has 0 saturated carbocycles. The van der Waals surface area contributed by atoms with Gasteiger partial charge in [0.05, 0.1) is 12.8 Å². The average molecular weight is 429 g/mol. The summed E-state index contributed by atoms with van der Waals surface area (Å²) in [6.45, 7) is 6.77. The highest BCUT2D eigenvalue weighted by molar-refractivity contribution is 7.88. The molecule has 0 spiro atoms. The third-order valence-corrected chi connectivity index (χ3v) is 6.97. The van der Waals surface area contributed by atoms with Crippen LogP contribution in [-0.2, 0) is 21.4 Å². The van der Waals surface area contributed by atoms with Crippen molar-refractivity contribution in [2.24, 2.45) is 0 Å². The van der Waals surface area contributed by atoms with Gasteiger partial charge in [-0.05, 0) is 30.7 Å². The van der Waals surface area contributed by atoms with Crippen molar-refractivity contribution in [1.29, 1.82) is 0 Å². The molecule has 156 valence electrons. The molecule has 1 amide bonds. The first-order valence-electron chi connectivity index (χ1n) is 9.73. The summed E-state index contributed by atoms with van der Waals surface area (Å²) in [5.41, 5.74) is 1.23. The summed E-state index contributed by atoms with van der Waals surface area (Å²) in [4.78, 5) is 19.0. The van der Waals surface area contributed by atoms with Gasteiger partial charge in [0.1, 0.15) is 0 Å². The molecule has 28 heavy (non-hydrogen) atoms. The van der Waals surface area contributed by atoms with Crippen LogP contribution in [0.15, 0.2) is 24.3 Å². The minimum atomic E-state index is -3.16. The Bertz CT molecular complexity index is 764. The van der Waals surface area contributed by atoms with Gasteiger partial charge in [0, 0.05) is 57.4 Å². The monoisotopic (exact) mass is 428 g/mol. The zero-order valence-electron chi connectivity index (χ0n) is 16.4. The van der Waals surface area contributed by atoms with E-state index in [0.29, 0.717) is 26.2 Å². The Balaban J connectivity index is 1.43. The van der Waals surface area contributed by atoms with Crippen molar-refractivity contribution < 1.29 is 13.2 Å². The highest BCUT2D eigenvalue weighted by Gasteiger charge is 2.25. The van der Waals surface area contributed by atoms with Crippen LogP contribution in [0.1, 0.15) is 12.0 Å². The van der Waals surface area contributed by atoms with E-state index in [9.17, 15) is 13.2 Å². The fraction of sp³-hybridized carbons (Fsp3) is 0.632. The molecule has 0 radical (unpaired) electrons. The molecule has 0 bridgehead atoms. The van der Waals surface area contributed by atoms with Crippen molar-refractivity contribution in [3.8, 4) is 0 Å². The minimum absolute atomic E-state index is 0.138. The van der Waals surface area contributed by atoms with Crippen LogP contribution >= 0.6 is 11.6 Å². The predicted octanol–water partition coefficient (Wildman–Crippen LogP) is 0.952. The number of sulfonamides is 1. The summed E-state index contributed by atoms with van der Waals surface area (Å²) >= 11 is 5.93. The van der Waals surface area contributed by atoms with Gasteiger partial charge in [-0.3, -0.25) is 14.6 Å². The number of halogens is 1. The SMILES string of the molecule is CS(=O)(=O)N1CCCN(CC(=O)N2CCN(Cc3ccc(Cl)cc3)CC2)CC1. The Morgan fingerprint density at radius 1 is 0.929 bits per heavy atom. The molecule has 0 aliphatic carbocycles. The summed E-state index contributed by atoms with van der Waals surface area (Å²) in [5.74, 6) is 0.138. The van der Waals surface area contributed by atoms with E-state index in [4.69, 9.17) is 11.6 Å². The Hall–Kier alpha value is -1.19. The number of hydrogen-bond donors (Lipinski definition) is 0. The molecular weight excluding hydrogens is 400 g/mol. The largest absolute Gasteiger partial charge is 0.339 e. The van der Waals surface area contributed by atoms with Crippen molar-refractivity contribution >= 4 is 27.5 Å². The lowest BCUT2D eigenvalue weighted by atomic mass is 10.2. The lowest BCUT2D eigenvalue weighted by Gasteiger charge is -2.35. The van der Waals surface area contributed by atoms with Gasteiger partial charge in [-0.2, -0.15) is 0 Å². The standard InChI is InChI=1S/C19H29ClN4O3S/c1-28(26,27)24-8-2-7-21(11-14-24)16-19(25)23-12-9-22(10-13-23)15-17-3-5-18(20)6-4-17/h3-6H,2,7-16H2,1H3. The fourth-order valence-corrected chi connectivity index (χ4v) is 4.73. The molecule has 7 nitrogen and oxygen atoms in total. The number of rotatable bonds is 5. The zero-order valence-corrected chi connectivity index (χ0v) is 18.0. The van der Waals surface area contributed by atoms with Crippen LogP contribution in [0.2, 0.25) is 5.02 Å². The molecule has 0 atom stereocenters. The van der Waals surface area contributed by atoms with Gasteiger partial charge in [-0.1, -0.05) is 23.7 Å². The highest BCUT2D eigenvalue weighted by Crippen LogP contribution is 2.13. The Labute approximate surface area is 172 Å². The number of carbonyl (C=O) groups is 1. The summed E-state index contributed by atoms with van der Waals surface area (Å²) < 4.78 is 24.9. The molecular formula is C19H29ClN4O3S. The van der Waals surface area contributed by atoms with Gasteiger partial charge in [0.25, 0.3) is 0 Å². The van der Waals surface area contributed by atoms with Crippen molar-refractivity contribution in [3.63, 3.8) is 0 Å². The molecule has 9 heteroatoms. The molecule has 2 aliphatic heterocycles. The molecule has 0 aromatic heterocycles. The molecule has 2 heterocycles. The molecule has 0 N–H and O–H groups in total. The van der Waals surface area contributed by atoms with Crippen molar-refractivity contribution in [2.45, 2.75) is 13.0 Å². The van der Waals surface area contributed by atoms with Crippen molar-refractivity contribution in [3.05, 3.63) is 34.9 Å². The van der Waals surface area contributed by atoms with Crippen molar-refractivity contribution in [1.82, 2.24) is 19.0 Å². The fourth-order valence-electron chi connectivity index (χ4n) is 3.73. The van der Waals surface area contributed by atoms with Gasteiger partial charge < -0.3 is 4.90 Å². The van der Waals surface area contributed by atoms with E-state index in [2.05, 4.69) is 9.80 Å². The second kappa shape index (κ2) is 9.54. The maximum absolute atomic E-state index is 12.7. The lowest BCUT2D eigenvalue weighted by molar-refractivity contribution is -0.134. The summed E-state index contributed by atoms with van der Waals surface area (Å²) in [6.07, 6.45) is 2.01. The van der Waals surface area contributed by atoms with E-state index in [0.717, 1.165) is 50.7 Å². The number of carbonyl (C=O) groups excluding carboxylic acids is 1. The van der Waals surface area contributed by atoms with Gasteiger partial charge in [0.15, 0.2) is 0 Å². The third kappa shape index (κ3) is 6.15. The Morgan fingerprint density at radius 3 is 2.21 bits per heavy atom. The Kier molecular flexibility index (Phi) is 7.33. The topological polar surface area (TPSA) is 64.2 Å². The first-order valence-corrected chi connectivity index (χ1v) is 12.0. The van der Waals surface area contributed by atoms with E-state index < -0.39 is 10.0 Å². The molecule has 2 fully saturated rings. The van der Waals surface area contributed by atoms with Crippen LogP contribution in [0.5, 0.6) is 0 Å². The third-order valence-electron chi connectivity index (χ3n) is 5.42. The number of benzene rings is 1. The normalized spacial score (nSPS) is 20.9. The number of hydrogen-bond acceptors (Lipinski definition) is 5. The summed E-state index contributed by atoms with van der Waals surface area (Å²) in [7, 11) is -3.16. The molecule has 0 unspecified atom stereocenters. The maximum atomic E-state index is 12.7. The highest BCUT2D eigenvalue weighted by atomic mass is 35.5. The van der Waals surface area contributed by atoms with E-state index in [1.807, 2.05) is 29.2 Å². The van der Waals surface area contributed by atoms with Crippen LogP contribution in [-0.4, -0.2) is 98.5 Å². The van der Waals surface area contributed by atoms with Crippen LogP contribution in [0.25, 0.3) is 0 Å². The number of amides is 1. The second-order valence-corrected chi connectivity index (χ2v) is 9.99. The lowest BCUT2D eigenvalue weighted by Crippen LogP contribution is -2.51. The quantitative estimate of drug-likeness (QED) is 0.698. The smallest absolute Gasteiger partial charge is 0.236 e.